The Balaban J connectivity index is 2.44. The van der Waals surface area contributed by atoms with Crippen LogP contribution in [0.3, 0.4) is 0 Å². The zero-order valence-electron chi connectivity index (χ0n) is 8.01. The summed E-state index contributed by atoms with van der Waals surface area (Å²) in [5.41, 5.74) is 12.1. The SMILES string of the molecule is CC1=CC(N=[N+]=[N-])Cc2ccccc21. The van der Waals surface area contributed by atoms with E-state index in [9.17, 15) is 0 Å². The first kappa shape index (κ1) is 8.85. The molecule has 14 heavy (non-hydrogen) atoms. The van der Waals surface area contributed by atoms with E-state index < -0.39 is 0 Å². The smallest absolute Gasteiger partial charge is 0.0601 e. The molecule has 0 N–H and O–H groups in total. The molecule has 0 bridgehead atoms. The Labute approximate surface area is 82.7 Å². The van der Waals surface area contributed by atoms with Gasteiger partial charge in [0.25, 0.3) is 0 Å². The van der Waals surface area contributed by atoms with Gasteiger partial charge in [-0.05, 0) is 35.6 Å². The summed E-state index contributed by atoms with van der Waals surface area (Å²) in [5, 5.41) is 3.74. The quantitative estimate of drug-likeness (QED) is 0.366. The van der Waals surface area contributed by atoms with E-state index in [1.807, 2.05) is 18.2 Å². The van der Waals surface area contributed by atoms with Crippen molar-refractivity contribution in [1.29, 1.82) is 0 Å². The number of nitrogens with zero attached hydrogens (tertiary/aromatic N) is 3. The summed E-state index contributed by atoms with van der Waals surface area (Å²) in [4.78, 5) is 2.85. The van der Waals surface area contributed by atoms with Gasteiger partial charge in [0.15, 0.2) is 0 Å². The van der Waals surface area contributed by atoms with Gasteiger partial charge in [0, 0.05) is 4.91 Å². The highest BCUT2D eigenvalue weighted by atomic mass is 15.1. The van der Waals surface area contributed by atoms with Crippen LogP contribution in [-0.4, -0.2) is 6.04 Å². The van der Waals surface area contributed by atoms with Crippen molar-refractivity contribution in [2.24, 2.45) is 5.11 Å². The molecule has 0 saturated carbocycles. The number of fused-ring (bicyclic) bond motifs is 1. The van der Waals surface area contributed by atoms with Gasteiger partial charge in [-0.25, -0.2) is 0 Å². The number of azide groups is 1. The highest BCUT2D eigenvalue weighted by Gasteiger charge is 2.14. The zero-order valence-corrected chi connectivity index (χ0v) is 8.01. The predicted octanol–water partition coefficient (Wildman–Crippen LogP) is 3.32. The van der Waals surface area contributed by atoms with Crippen molar-refractivity contribution in [3.05, 3.63) is 51.9 Å². The summed E-state index contributed by atoms with van der Waals surface area (Å²) in [5.74, 6) is 0. The Kier molecular flexibility index (Phi) is 2.25. The number of benzene rings is 1. The van der Waals surface area contributed by atoms with Crippen LogP contribution in [0.25, 0.3) is 16.0 Å². The third-order valence-electron chi connectivity index (χ3n) is 2.51. The molecule has 2 rings (SSSR count). The lowest BCUT2D eigenvalue weighted by Crippen LogP contribution is -2.11. The molecule has 3 heteroatoms. The van der Waals surface area contributed by atoms with Crippen molar-refractivity contribution in [3.63, 3.8) is 0 Å². The summed E-state index contributed by atoms with van der Waals surface area (Å²) < 4.78 is 0. The van der Waals surface area contributed by atoms with Gasteiger partial charge in [0.2, 0.25) is 0 Å². The maximum Gasteiger partial charge on any atom is 0.0601 e. The highest BCUT2D eigenvalue weighted by Crippen LogP contribution is 2.26. The highest BCUT2D eigenvalue weighted by molar-refractivity contribution is 5.69. The molecular formula is C11H11N3. The third kappa shape index (κ3) is 1.50. The van der Waals surface area contributed by atoms with E-state index in [-0.39, 0.29) is 6.04 Å². The monoisotopic (exact) mass is 185 g/mol. The average molecular weight is 185 g/mol. The summed E-state index contributed by atoms with van der Waals surface area (Å²) in [6.07, 6.45) is 2.85. The van der Waals surface area contributed by atoms with Crippen LogP contribution < -0.4 is 0 Å². The van der Waals surface area contributed by atoms with Gasteiger partial charge in [-0.2, -0.15) is 0 Å². The predicted molar refractivity (Wildman–Crippen MR) is 56.7 cm³/mol. The lowest BCUT2D eigenvalue weighted by atomic mass is 9.89. The number of allylic oxidation sites excluding steroid dienone is 1. The number of hydrogen-bond acceptors (Lipinski definition) is 1. The van der Waals surface area contributed by atoms with Crippen molar-refractivity contribution < 1.29 is 0 Å². The Morgan fingerprint density at radius 1 is 1.43 bits per heavy atom. The van der Waals surface area contributed by atoms with Crippen LogP contribution >= 0.6 is 0 Å². The number of hydrogen-bond donors (Lipinski definition) is 0. The fraction of sp³-hybridized carbons (Fsp3) is 0.273. The maximum atomic E-state index is 8.38. The van der Waals surface area contributed by atoms with E-state index in [1.165, 1.54) is 16.7 Å². The van der Waals surface area contributed by atoms with Gasteiger partial charge < -0.3 is 0 Å². The Morgan fingerprint density at radius 2 is 2.21 bits per heavy atom. The molecule has 0 amide bonds. The Morgan fingerprint density at radius 3 is 3.00 bits per heavy atom. The normalized spacial score (nSPS) is 19.2. The van der Waals surface area contributed by atoms with Gasteiger partial charge in [0.1, 0.15) is 0 Å². The third-order valence-corrected chi connectivity index (χ3v) is 2.51. The first-order chi connectivity index (χ1) is 6.81. The van der Waals surface area contributed by atoms with Crippen LogP contribution in [-0.2, 0) is 6.42 Å². The minimum Gasteiger partial charge on any atom is -0.0862 e. The molecule has 0 heterocycles. The Bertz CT molecular complexity index is 428. The minimum absolute atomic E-state index is 0.0186. The van der Waals surface area contributed by atoms with Crippen LogP contribution in [0.4, 0.5) is 0 Å². The van der Waals surface area contributed by atoms with Crippen molar-refractivity contribution in [3.8, 4) is 0 Å². The molecule has 0 spiro atoms. The molecule has 0 saturated heterocycles. The molecule has 70 valence electrons. The second-order valence-corrected chi connectivity index (χ2v) is 3.48. The molecule has 0 fully saturated rings. The van der Waals surface area contributed by atoms with Gasteiger partial charge in [0.05, 0.1) is 6.04 Å². The van der Waals surface area contributed by atoms with Gasteiger partial charge in [-0.3, -0.25) is 0 Å². The van der Waals surface area contributed by atoms with Crippen LogP contribution in [0.15, 0.2) is 35.5 Å². The fourth-order valence-corrected chi connectivity index (χ4v) is 1.89. The summed E-state index contributed by atoms with van der Waals surface area (Å²) >= 11 is 0. The van der Waals surface area contributed by atoms with Crippen LogP contribution in [0.5, 0.6) is 0 Å². The Hall–Kier alpha value is -1.73. The van der Waals surface area contributed by atoms with Crippen molar-refractivity contribution >= 4 is 5.57 Å². The van der Waals surface area contributed by atoms with E-state index in [2.05, 4.69) is 29.1 Å². The van der Waals surface area contributed by atoms with Crippen LogP contribution in [0.2, 0.25) is 0 Å². The van der Waals surface area contributed by atoms with Crippen molar-refractivity contribution in [1.82, 2.24) is 0 Å². The molecule has 1 aromatic rings. The van der Waals surface area contributed by atoms with Gasteiger partial charge >= 0.3 is 0 Å². The minimum atomic E-state index is -0.0186. The largest absolute Gasteiger partial charge is 0.0862 e. The lowest BCUT2D eigenvalue weighted by molar-refractivity contribution is 0.789. The van der Waals surface area contributed by atoms with E-state index in [0.29, 0.717) is 0 Å². The fourth-order valence-electron chi connectivity index (χ4n) is 1.89. The topological polar surface area (TPSA) is 48.8 Å². The average Bonchev–Trinajstić information content (AvgIpc) is 2.18. The second-order valence-electron chi connectivity index (χ2n) is 3.48. The van der Waals surface area contributed by atoms with Gasteiger partial charge in [-0.1, -0.05) is 35.5 Å². The molecule has 1 aromatic carbocycles. The van der Waals surface area contributed by atoms with Crippen LogP contribution in [0.1, 0.15) is 18.1 Å². The molecule has 1 atom stereocenters. The summed E-state index contributed by atoms with van der Waals surface area (Å²) in [7, 11) is 0. The molecule has 0 aromatic heterocycles. The van der Waals surface area contributed by atoms with E-state index >= 15 is 0 Å². The zero-order chi connectivity index (χ0) is 9.97. The number of rotatable bonds is 1. The molecule has 0 aliphatic heterocycles. The maximum absolute atomic E-state index is 8.38. The first-order valence-corrected chi connectivity index (χ1v) is 4.62. The van der Waals surface area contributed by atoms with Gasteiger partial charge in [-0.15, -0.1) is 0 Å². The second kappa shape index (κ2) is 3.56. The molecule has 0 radical (unpaired) electrons. The van der Waals surface area contributed by atoms with E-state index in [0.717, 1.165) is 6.42 Å². The first-order valence-electron chi connectivity index (χ1n) is 4.62. The standard InChI is InChI=1S/C11H11N3/c1-8-6-10(13-14-12)7-9-4-2-3-5-11(8)9/h2-6,10H,7H2,1H3. The van der Waals surface area contributed by atoms with Crippen LogP contribution in [0, 0.1) is 0 Å². The molecule has 1 aliphatic carbocycles. The van der Waals surface area contributed by atoms with Crippen molar-refractivity contribution in [2.75, 3.05) is 0 Å². The lowest BCUT2D eigenvalue weighted by Gasteiger charge is -2.18. The van der Waals surface area contributed by atoms with Crippen molar-refractivity contribution in [2.45, 2.75) is 19.4 Å². The molecule has 1 aliphatic rings. The van der Waals surface area contributed by atoms with E-state index in [4.69, 9.17) is 5.53 Å². The molecule has 3 nitrogen and oxygen atoms in total. The summed E-state index contributed by atoms with van der Waals surface area (Å²) in [6.45, 7) is 2.05. The molecular weight excluding hydrogens is 174 g/mol. The van der Waals surface area contributed by atoms with E-state index in [1.54, 1.807) is 0 Å². The summed E-state index contributed by atoms with van der Waals surface area (Å²) in [6, 6.07) is 8.23. The molecule has 1 unspecified atom stereocenters.